The summed E-state index contributed by atoms with van der Waals surface area (Å²) in [7, 11) is 0. The van der Waals surface area contributed by atoms with Crippen molar-refractivity contribution in [2.45, 2.75) is 57.4 Å². The van der Waals surface area contributed by atoms with Gasteiger partial charge in [0.15, 0.2) is 6.19 Å². The van der Waals surface area contributed by atoms with E-state index in [0.717, 1.165) is 19.5 Å². The fourth-order valence-electron chi connectivity index (χ4n) is 4.96. The Balaban J connectivity index is 1.62. The van der Waals surface area contributed by atoms with E-state index >= 15 is 0 Å². The molecule has 0 N–H and O–H groups in total. The van der Waals surface area contributed by atoms with Gasteiger partial charge in [-0.3, -0.25) is 4.90 Å². The molecule has 2 aromatic rings. The van der Waals surface area contributed by atoms with Crippen LogP contribution in [0.4, 0.5) is 0 Å². The second kappa shape index (κ2) is 7.51. The molecule has 2 fully saturated rings. The van der Waals surface area contributed by atoms with E-state index in [-0.39, 0.29) is 0 Å². The summed E-state index contributed by atoms with van der Waals surface area (Å²) < 4.78 is 0. The lowest BCUT2D eigenvalue weighted by Gasteiger charge is -2.45. The number of piperidine rings is 1. The molecule has 3 nitrogen and oxygen atoms in total. The van der Waals surface area contributed by atoms with Crippen molar-refractivity contribution in [3.63, 3.8) is 0 Å². The van der Waals surface area contributed by atoms with Gasteiger partial charge in [-0.1, -0.05) is 67.6 Å². The van der Waals surface area contributed by atoms with Gasteiger partial charge >= 0.3 is 0 Å². The Hall–Kier alpha value is -2.31. The average Bonchev–Trinajstić information content (AvgIpc) is 3.03. The van der Waals surface area contributed by atoms with Crippen LogP contribution in [0.5, 0.6) is 0 Å². The maximum Gasteiger partial charge on any atom is 0.179 e. The molecular formula is C23H27N3. The number of hydrogen-bond acceptors (Lipinski definition) is 3. The summed E-state index contributed by atoms with van der Waals surface area (Å²) >= 11 is 0. The highest BCUT2D eigenvalue weighted by Crippen LogP contribution is 2.41. The molecule has 0 amide bonds. The summed E-state index contributed by atoms with van der Waals surface area (Å²) in [5.74, 6) is 0.576. The van der Waals surface area contributed by atoms with Crippen LogP contribution < -0.4 is 0 Å². The molecule has 0 aliphatic carbocycles. The van der Waals surface area contributed by atoms with E-state index < -0.39 is 0 Å². The Morgan fingerprint density at radius 1 is 0.923 bits per heavy atom. The van der Waals surface area contributed by atoms with Crippen molar-refractivity contribution in [1.29, 1.82) is 5.26 Å². The highest BCUT2D eigenvalue weighted by Gasteiger charge is 2.47. The first kappa shape index (κ1) is 17.1. The number of benzene rings is 2. The van der Waals surface area contributed by atoms with E-state index in [4.69, 9.17) is 0 Å². The van der Waals surface area contributed by atoms with Crippen molar-refractivity contribution >= 4 is 0 Å². The van der Waals surface area contributed by atoms with Crippen molar-refractivity contribution in [3.05, 3.63) is 71.8 Å². The quantitative estimate of drug-likeness (QED) is 0.752. The maximum absolute atomic E-state index is 9.73. The molecule has 2 heterocycles. The van der Waals surface area contributed by atoms with E-state index in [0.29, 0.717) is 24.0 Å². The number of nitriles is 1. The van der Waals surface area contributed by atoms with Crippen LogP contribution in [0.2, 0.25) is 0 Å². The molecule has 0 saturated carbocycles. The third kappa shape index (κ3) is 3.34. The molecule has 0 aromatic heterocycles. The predicted octanol–water partition coefficient (Wildman–Crippen LogP) is 4.41. The van der Waals surface area contributed by atoms with Crippen LogP contribution >= 0.6 is 0 Å². The third-order valence-corrected chi connectivity index (χ3v) is 6.23. The zero-order valence-corrected chi connectivity index (χ0v) is 15.5. The van der Waals surface area contributed by atoms with Crippen LogP contribution in [0.15, 0.2) is 60.7 Å². The molecule has 134 valence electrons. The molecule has 4 rings (SSSR count). The minimum Gasteiger partial charge on any atom is -0.303 e. The Morgan fingerprint density at radius 2 is 1.46 bits per heavy atom. The Morgan fingerprint density at radius 3 is 2.00 bits per heavy atom. The monoisotopic (exact) mass is 345 g/mol. The lowest BCUT2D eigenvalue weighted by molar-refractivity contribution is 0.0374. The second-order valence-electron chi connectivity index (χ2n) is 7.88. The summed E-state index contributed by atoms with van der Waals surface area (Å²) in [6.07, 6.45) is 6.02. The summed E-state index contributed by atoms with van der Waals surface area (Å²) in [4.78, 5) is 4.72. The van der Waals surface area contributed by atoms with E-state index in [2.05, 4.69) is 83.6 Å². The molecule has 0 radical (unpaired) electrons. The number of rotatable bonds is 5. The standard InChI is InChI=1S/C23H27N3/c1-18-14-23(22-13-12-21(18)26(22)17-24)25(15-19-8-4-2-5-9-19)16-20-10-6-3-7-11-20/h2-11,18,21-23H,12-16H2,1H3. The van der Waals surface area contributed by atoms with Gasteiger partial charge in [-0.15, -0.1) is 0 Å². The SMILES string of the molecule is CC1CC(N(Cc2ccccc2)Cc2ccccc2)C2CCC1N2C#N. The van der Waals surface area contributed by atoms with E-state index in [9.17, 15) is 5.26 Å². The van der Waals surface area contributed by atoms with Crippen LogP contribution in [0.25, 0.3) is 0 Å². The minimum atomic E-state index is 0.369. The van der Waals surface area contributed by atoms with Crippen molar-refractivity contribution in [1.82, 2.24) is 9.80 Å². The van der Waals surface area contributed by atoms with E-state index in [1.807, 2.05) is 0 Å². The molecule has 0 spiro atoms. The number of fused-ring (bicyclic) bond motifs is 2. The lowest BCUT2D eigenvalue weighted by atomic mass is 9.87. The maximum atomic E-state index is 9.73. The van der Waals surface area contributed by atoms with Crippen LogP contribution in [0.3, 0.4) is 0 Å². The molecule has 2 aliphatic rings. The van der Waals surface area contributed by atoms with Gasteiger partial charge in [0.1, 0.15) is 0 Å². The van der Waals surface area contributed by atoms with Crippen molar-refractivity contribution in [2.75, 3.05) is 0 Å². The zero-order chi connectivity index (χ0) is 17.9. The van der Waals surface area contributed by atoms with Gasteiger partial charge in [0.05, 0.1) is 6.04 Å². The Bertz CT molecular complexity index is 711. The summed E-state index contributed by atoms with van der Waals surface area (Å²) in [5, 5.41) is 9.73. The second-order valence-corrected chi connectivity index (χ2v) is 7.88. The number of hydrogen-bond donors (Lipinski definition) is 0. The normalized spacial score (nSPS) is 27.5. The minimum absolute atomic E-state index is 0.369. The van der Waals surface area contributed by atoms with Gasteiger partial charge in [-0.05, 0) is 36.3 Å². The first-order valence-corrected chi connectivity index (χ1v) is 9.76. The van der Waals surface area contributed by atoms with Crippen molar-refractivity contribution in [2.24, 2.45) is 5.92 Å². The van der Waals surface area contributed by atoms with Gasteiger partial charge in [-0.25, -0.2) is 0 Å². The van der Waals surface area contributed by atoms with Gasteiger partial charge in [0.2, 0.25) is 0 Å². The summed E-state index contributed by atoms with van der Waals surface area (Å²) in [6.45, 7) is 4.20. The van der Waals surface area contributed by atoms with Gasteiger partial charge in [0.25, 0.3) is 0 Å². The fourth-order valence-corrected chi connectivity index (χ4v) is 4.96. The molecule has 2 aliphatic heterocycles. The van der Waals surface area contributed by atoms with Crippen LogP contribution in [-0.2, 0) is 13.1 Å². The summed E-state index contributed by atoms with van der Waals surface area (Å²) in [5.41, 5.74) is 2.69. The van der Waals surface area contributed by atoms with Crippen molar-refractivity contribution in [3.8, 4) is 6.19 Å². The molecule has 2 aromatic carbocycles. The zero-order valence-electron chi connectivity index (χ0n) is 15.5. The van der Waals surface area contributed by atoms with Crippen LogP contribution in [0.1, 0.15) is 37.3 Å². The predicted molar refractivity (Wildman–Crippen MR) is 104 cm³/mol. The molecule has 26 heavy (non-hydrogen) atoms. The van der Waals surface area contributed by atoms with E-state index in [1.165, 1.54) is 24.0 Å². The topological polar surface area (TPSA) is 30.3 Å². The molecule has 3 heteroatoms. The lowest BCUT2D eigenvalue weighted by Crippen LogP contribution is -2.55. The Labute approximate surface area is 156 Å². The molecular weight excluding hydrogens is 318 g/mol. The number of nitrogens with zero attached hydrogens (tertiary/aromatic N) is 3. The van der Waals surface area contributed by atoms with Crippen LogP contribution in [0, 0.1) is 17.4 Å². The first-order valence-electron chi connectivity index (χ1n) is 9.76. The molecule has 2 saturated heterocycles. The third-order valence-electron chi connectivity index (χ3n) is 6.23. The largest absolute Gasteiger partial charge is 0.303 e. The van der Waals surface area contributed by atoms with Crippen LogP contribution in [-0.4, -0.2) is 27.9 Å². The highest BCUT2D eigenvalue weighted by molar-refractivity contribution is 5.18. The van der Waals surface area contributed by atoms with Gasteiger partial charge in [0, 0.05) is 25.2 Å². The average molecular weight is 345 g/mol. The Kier molecular flexibility index (Phi) is 4.95. The summed E-state index contributed by atoms with van der Waals surface area (Å²) in [6, 6.07) is 22.7. The molecule has 2 bridgehead atoms. The van der Waals surface area contributed by atoms with Crippen molar-refractivity contribution < 1.29 is 0 Å². The molecule has 4 unspecified atom stereocenters. The first-order chi connectivity index (χ1) is 12.8. The molecule has 4 atom stereocenters. The van der Waals surface area contributed by atoms with Gasteiger partial charge < -0.3 is 4.90 Å². The highest BCUT2D eigenvalue weighted by atomic mass is 15.3. The van der Waals surface area contributed by atoms with Gasteiger partial charge in [-0.2, -0.15) is 5.26 Å². The van der Waals surface area contributed by atoms with E-state index in [1.54, 1.807) is 0 Å². The smallest absolute Gasteiger partial charge is 0.179 e. The fraction of sp³-hybridized carbons (Fsp3) is 0.435.